The van der Waals surface area contributed by atoms with Crippen molar-refractivity contribution in [2.75, 3.05) is 13.2 Å². The molecule has 4 heterocycles. The van der Waals surface area contributed by atoms with Gasteiger partial charge in [-0.15, -0.1) is 0 Å². The van der Waals surface area contributed by atoms with Crippen LogP contribution < -0.4 is 5.32 Å². The third-order valence-corrected chi connectivity index (χ3v) is 6.38. The Morgan fingerprint density at radius 2 is 2.06 bits per heavy atom. The number of aromatic nitrogens is 2. The van der Waals surface area contributed by atoms with E-state index in [1.807, 2.05) is 43.7 Å². The summed E-state index contributed by atoms with van der Waals surface area (Å²) in [5.74, 6) is -2.07. The minimum absolute atomic E-state index is 0.161. The molecule has 3 atom stereocenters. The van der Waals surface area contributed by atoms with Gasteiger partial charge in [-0.25, -0.2) is 4.98 Å². The van der Waals surface area contributed by atoms with Crippen molar-refractivity contribution in [2.45, 2.75) is 38.7 Å². The van der Waals surface area contributed by atoms with E-state index in [-0.39, 0.29) is 24.7 Å². The number of imidazole rings is 1. The first-order valence-corrected chi connectivity index (χ1v) is 10.5. The van der Waals surface area contributed by atoms with Crippen LogP contribution in [0.5, 0.6) is 0 Å². The number of fused-ring (bicyclic) bond motifs is 3. The zero-order valence-electron chi connectivity index (χ0n) is 18.0. The van der Waals surface area contributed by atoms with Crippen molar-refractivity contribution in [2.24, 2.45) is 7.05 Å². The number of hydrogen-bond donors (Lipinski definition) is 1. The summed E-state index contributed by atoms with van der Waals surface area (Å²) in [6.45, 7) is 4.51. The van der Waals surface area contributed by atoms with Gasteiger partial charge in [-0.1, -0.05) is 6.07 Å². The third-order valence-electron chi connectivity index (χ3n) is 6.38. The molecule has 1 unspecified atom stereocenters. The Morgan fingerprint density at radius 1 is 1.28 bits per heavy atom. The normalized spacial score (nSPS) is 25.2. The van der Waals surface area contributed by atoms with E-state index < -0.39 is 35.7 Å². The summed E-state index contributed by atoms with van der Waals surface area (Å²) >= 11 is 0. The lowest BCUT2D eigenvalue weighted by Crippen LogP contribution is -2.65. The van der Waals surface area contributed by atoms with Gasteiger partial charge in [0.25, 0.3) is 11.8 Å². The van der Waals surface area contributed by atoms with E-state index in [0.717, 1.165) is 22.4 Å². The fraction of sp³-hybridized carbons (Fsp3) is 0.409. The summed E-state index contributed by atoms with van der Waals surface area (Å²) in [5, 5.41) is 2.70. The van der Waals surface area contributed by atoms with Crippen molar-refractivity contribution < 1.29 is 23.9 Å². The van der Waals surface area contributed by atoms with Gasteiger partial charge in [0.1, 0.15) is 17.6 Å². The number of ether oxygens (including phenoxy) is 1. The molecule has 2 aromatic rings. The maximum atomic E-state index is 12.8. The van der Waals surface area contributed by atoms with Crippen molar-refractivity contribution in [3.63, 3.8) is 0 Å². The molecule has 0 saturated carbocycles. The van der Waals surface area contributed by atoms with Crippen molar-refractivity contribution >= 4 is 34.4 Å². The average molecular weight is 437 g/mol. The molecule has 166 valence electrons. The van der Waals surface area contributed by atoms with E-state index in [1.54, 1.807) is 0 Å². The molecule has 2 fully saturated rings. The second kappa shape index (κ2) is 7.27. The summed E-state index contributed by atoms with van der Waals surface area (Å²) in [6, 6.07) is 4.28. The van der Waals surface area contributed by atoms with E-state index in [1.165, 1.54) is 16.0 Å². The number of nitrogens with zero attached hydrogens (tertiary/aromatic N) is 4. The van der Waals surface area contributed by atoms with E-state index in [9.17, 15) is 19.2 Å². The zero-order valence-corrected chi connectivity index (χ0v) is 18.0. The number of nitrogens with one attached hydrogen (secondary N) is 1. The van der Waals surface area contributed by atoms with Crippen LogP contribution >= 0.6 is 0 Å². The van der Waals surface area contributed by atoms with Crippen LogP contribution in [0.3, 0.4) is 0 Å². The number of benzene rings is 1. The van der Waals surface area contributed by atoms with Crippen LogP contribution in [0.25, 0.3) is 11.0 Å². The average Bonchev–Trinajstić information content (AvgIpc) is 3.27. The minimum Gasteiger partial charge on any atom is -0.354 e. The lowest BCUT2D eigenvalue weighted by molar-refractivity contribution is -0.159. The Bertz CT molecular complexity index is 1210. The topological polar surface area (TPSA) is 114 Å². The Hall–Kier alpha value is -3.53. The standard InChI is InChI=1S/C22H23N5O5/c1-11-10-32-17-9-26-8-14(19(28)20(29)18(26)22(31)27(11)17)21(30)23-7-13-4-5-16-15(6-13)24-12(2)25(16)3/h4-6,8,11,17-18H,7,9-10H2,1-3H3,(H,23,30)/t11-,17+,18?/m0/s1. The van der Waals surface area contributed by atoms with Gasteiger partial charge in [-0.3, -0.25) is 19.2 Å². The highest BCUT2D eigenvalue weighted by atomic mass is 16.5. The molecule has 2 amide bonds. The van der Waals surface area contributed by atoms with Crippen molar-refractivity contribution in [1.82, 2.24) is 24.7 Å². The Morgan fingerprint density at radius 3 is 2.84 bits per heavy atom. The number of amides is 2. The molecule has 0 spiro atoms. The number of aryl methyl sites for hydroxylation is 2. The van der Waals surface area contributed by atoms with Crippen LogP contribution in [-0.2, 0) is 37.5 Å². The molecule has 32 heavy (non-hydrogen) atoms. The molecule has 1 N–H and O–H groups in total. The van der Waals surface area contributed by atoms with Crippen LogP contribution in [0.15, 0.2) is 30.0 Å². The van der Waals surface area contributed by atoms with Crippen LogP contribution in [0, 0.1) is 6.92 Å². The predicted molar refractivity (Wildman–Crippen MR) is 112 cm³/mol. The van der Waals surface area contributed by atoms with Crippen LogP contribution in [-0.4, -0.2) is 74.2 Å². The maximum absolute atomic E-state index is 12.8. The number of rotatable bonds is 3. The number of ketones is 2. The summed E-state index contributed by atoms with van der Waals surface area (Å²) in [7, 11) is 1.93. The first-order valence-electron chi connectivity index (χ1n) is 10.5. The number of Topliss-reactive ketones (excluding diaryl/α,β-unsaturated/α-hetero) is 2. The van der Waals surface area contributed by atoms with E-state index in [4.69, 9.17) is 4.74 Å². The maximum Gasteiger partial charge on any atom is 0.257 e. The molecule has 10 heteroatoms. The Balaban J connectivity index is 1.34. The van der Waals surface area contributed by atoms with Gasteiger partial charge in [0, 0.05) is 19.8 Å². The SMILES string of the molecule is Cc1nc2cc(CNC(=O)C3=CN4C[C@H]5OC[C@H](C)N5C(=O)C4C(=O)C3=O)ccc2n1C. The van der Waals surface area contributed by atoms with Gasteiger partial charge in [0.2, 0.25) is 11.6 Å². The number of piperazine rings is 1. The monoisotopic (exact) mass is 437 g/mol. The van der Waals surface area contributed by atoms with Crippen LogP contribution in [0.4, 0.5) is 0 Å². The highest BCUT2D eigenvalue weighted by Gasteiger charge is 2.52. The summed E-state index contributed by atoms with van der Waals surface area (Å²) in [4.78, 5) is 58.4. The second-order valence-corrected chi connectivity index (χ2v) is 8.44. The molecule has 1 aromatic heterocycles. The molecule has 2 saturated heterocycles. The molecular formula is C22H23N5O5. The van der Waals surface area contributed by atoms with Crippen LogP contribution in [0.2, 0.25) is 0 Å². The molecule has 3 aliphatic heterocycles. The first kappa shape index (κ1) is 20.4. The molecule has 5 rings (SSSR count). The van der Waals surface area contributed by atoms with Crippen molar-refractivity contribution in [1.29, 1.82) is 0 Å². The van der Waals surface area contributed by atoms with Crippen molar-refractivity contribution in [3.05, 3.63) is 41.4 Å². The molecular weight excluding hydrogens is 414 g/mol. The van der Waals surface area contributed by atoms with E-state index >= 15 is 0 Å². The summed E-state index contributed by atoms with van der Waals surface area (Å²) in [5.41, 5.74) is 2.33. The van der Waals surface area contributed by atoms with E-state index in [2.05, 4.69) is 10.3 Å². The van der Waals surface area contributed by atoms with Crippen molar-refractivity contribution in [3.8, 4) is 0 Å². The van der Waals surface area contributed by atoms with Gasteiger partial charge in [-0.05, 0) is 31.5 Å². The number of hydrogen-bond acceptors (Lipinski definition) is 7. The summed E-state index contributed by atoms with van der Waals surface area (Å²) in [6.07, 6.45) is 0.820. The Labute approximate surface area is 183 Å². The highest BCUT2D eigenvalue weighted by Crippen LogP contribution is 2.29. The molecule has 3 aliphatic rings. The quantitative estimate of drug-likeness (QED) is 0.402. The molecule has 0 bridgehead atoms. The molecule has 1 aromatic carbocycles. The van der Waals surface area contributed by atoms with Gasteiger partial charge >= 0.3 is 0 Å². The van der Waals surface area contributed by atoms with Crippen LogP contribution in [0.1, 0.15) is 18.3 Å². The predicted octanol–water partition coefficient (Wildman–Crippen LogP) is -0.209. The fourth-order valence-electron chi connectivity index (χ4n) is 4.55. The largest absolute Gasteiger partial charge is 0.354 e. The third kappa shape index (κ3) is 3.01. The highest BCUT2D eigenvalue weighted by molar-refractivity contribution is 6.53. The zero-order chi connectivity index (χ0) is 22.7. The lowest BCUT2D eigenvalue weighted by atomic mass is 9.93. The second-order valence-electron chi connectivity index (χ2n) is 8.44. The van der Waals surface area contributed by atoms with Gasteiger partial charge in [-0.2, -0.15) is 0 Å². The summed E-state index contributed by atoms with van der Waals surface area (Å²) < 4.78 is 7.60. The Kier molecular flexibility index (Phi) is 4.63. The molecule has 10 nitrogen and oxygen atoms in total. The minimum atomic E-state index is -1.23. The van der Waals surface area contributed by atoms with Gasteiger partial charge in [0.05, 0.1) is 30.2 Å². The molecule has 0 aliphatic carbocycles. The molecule has 0 radical (unpaired) electrons. The van der Waals surface area contributed by atoms with E-state index in [0.29, 0.717) is 6.61 Å². The van der Waals surface area contributed by atoms with Gasteiger partial charge < -0.3 is 24.4 Å². The fourth-order valence-corrected chi connectivity index (χ4v) is 4.55. The first-order chi connectivity index (χ1) is 15.3. The van der Waals surface area contributed by atoms with Gasteiger partial charge in [0.15, 0.2) is 6.04 Å². The number of carbonyl (C=O) groups is 4. The lowest BCUT2D eigenvalue weighted by Gasteiger charge is -2.43. The number of carbonyl (C=O) groups excluding carboxylic acids is 4. The smallest absolute Gasteiger partial charge is 0.257 e.